The van der Waals surface area contributed by atoms with Crippen LogP contribution in [0.25, 0.3) is 0 Å². The number of pyridine rings is 1. The summed E-state index contributed by atoms with van der Waals surface area (Å²) in [4.78, 5) is 4.47. The van der Waals surface area contributed by atoms with E-state index in [4.69, 9.17) is 0 Å². The Labute approximate surface area is 92.9 Å². The molecule has 1 heterocycles. The number of aryl methyl sites for hydroxylation is 3. The van der Waals surface area contributed by atoms with Crippen LogP contribution in [0.1, 0.15) is 49.2 Å². The lowest BCUT2D eigenvalue weighted by Gasteiger charge is -2.07. The van der Waals surface area contributed by atoms with Crippen LogP contribution < -0.4 is 0 Å². The van der Waals surface area contributed by atoms with E-state index < -0.39 is 0 Å². The summed E-state index contributed by atoms with van der Waals surface area (Å²) in [6.07, 6.45) is 3.15. The monoisotopic (exact) mass is 201 g/mol. The van der Waals surface area contributed by atoms with Gasteiger partial charge in [-0.05, 0) is 31.9 Å². The summed E-state index contributed by atoms with van der Waals surface area (Å²) in [6.45, 7) is 8.36. The van der Waals surface area contributed by atoms with Crippen molar-refractivity contribution in [3.63, 3.8) is 0 Å². The molecule has 1 aromatic rings. The van der Waals surface area contributed by atoms with Crippen LogP contribution in [0.3, 0.4) is 0 Å². The molecule has 0 aliphatic heterocycles. The minimum Gasteiger partial charge on any atom is -0.257 e. The summed E-state index contributed by atoms with van der Waals surface area (Å²) in [7, 11) is 0. The van der Waals surface area contributed by atoms with Gasteiger partial charge in [0.2, 0.25) is 0 Å². The minimum atomic E-state index is 0.902. The zero-order valence-corrected chi connectivity index (χ0v) is 10.1. The molecular formula is C14H19N. The Kier molecular flexibility index (Phi) is 4.37. The van der Waals surface area contributed by atoms with Gasteiger partial charge < -0.3 is 0 Å². The van der Waals surface area contributed by atoms with Gasteiger partial charge in [-0.25, -0.2) is 0 Å². The quantitative estimate of drug-likeness (QED) is 0.668. The highest BCUT2D eigenvalue weighted by atomic mass is 14.7. The normalized spacial score (nSPS) is 9.60. The first-order valence-corrected chi connectivity index (χ1v) is 5.65. The van der Waals surface area contributed by atoms with Crippen molar-refractivity contribution in [3.8, 4) is 11.8 Å². The molecule has 1 aromatic heterocycles. The third-order valence-electron chi connectivity index (χ3n) is 2.32. The maximum atomic E-state index is 4.47. The lowest BCUT2D eigenvalue weighted by Crippen LogP contribution is -1.98. The SMILES string of the molecule is CCC#Cc1c(CCC)cc(C)nc1C. The topological polar surface area (TPSA) is 12.9 Å². The fraction of sp³-hybridized carbons (Fsp3) is 0.500. The van der Waals surface area contributed by atoms with Gasteiger partial charge in [0.15, 0.2) is 0 Å². The molecule has 0 radical (unpaired) electrons. The van der Waals surface area contributed by atoms with E-state index in [1.165, 1.54) is 5.56 Å². The molecule has 0 aromatic carbocycles. The van der Waals surface area contributed by atoms with Crippen molar-refractivity contribution >= 4 is 0 Å². The van der Waals surface area contributed by atoms with Crippen molar-refractivity contribution in [1.29, 1.82) is 0 Å². The molecule has 0 N–H and O–H groups in total. The summed E-state index contributed by atoms with van der Waals surface area (Å²) in [5, 5.41) is 0. The van der Waals surface area contributed by atoms with Crippen LogP contribution in [0.15, 0.2) is 6.07 Å². The molecule has 1 nitrogen and oxygen atoms in total. The second-order valence-electron chi connectivity index (χ2n) is 3.79. The Balaban J connectivity index is 3.20. The van der Waals surface area contributed by atoms with Crippen molar-refractivity contribution in [1.82, 2.24) is 4.98 Å². The molecule has 0 amide bonds. The minimum absolute atomic E-state index is 0.902. The maximum Gasteiger partial charge on any atom is 0.0534 e. The van der Waals surface area contributed by atoms with Crippen molar-refractivity contribution in [2.75, 3.05) is 0 Å². The molecule has 1 rings (SSSR count). The summed E-state index contributed by atoms with van der Waals surface area (Å²) in [5.41, 5.74) is 4.66. The maximum absolute atomic E-state index is 4.47. The van der Waals surface area contributed by atoms with E-state index in [2.05, 4.69) is 36.7 Å². The fourth-order valence-electron chi connectivity index (χ4n) is 1.72. The number of hydrogen-bond donors (Lipinski definition) is 0. The van der Waals surface area contributed by atoms with E-state index in [9.17, 15) is 0 Å². The van der Waals surface area contributed by atoms with Gasteiger partial charge in [-0.3, -0.25) is 4.98 Å². The Morgan fingerprint density at radius 3 is 2.60 bits per heavy atom. The molecule has 0 saturated carbocycles. The molecule has 0 saturated heterocycles. The number of hydrogen-bond acceptors (Lipinski definition) is 1. The fourth-order valence-corrected chi connectivity index (χ4v) is 1.72. The van der Waals surface area contributed by atoms with Crippen molar-refractivity contribution in [3.05, 3.63) is 28.6 Å². The second-order valence-corrected chi connectivity index (χ2v) is 3.79. The highest BCUT2D eigenvalue weighted by Gasteiger charge is 2.05. The lowest BCUT2D eigenvalue weighted by atomic mass is 10.0. The number of rotatable bonds is 2. The molecule has 0 spiro atoms. The molecule has 0 atom stereocenters. The third-order valence-corrected chi connectivity index (χ3v) is 2.32. The zero-order valence-electron chi connectivity index (χ0n) is 10.1. The highest BCUT2D eigenvalue weighted by molar-refractivity contribution is 5.45. The zero-order chi connectivity index (χ0) is 11.3. The predicted octanol–water partition coefficient (Wildman–Crippen LogP) is 3.41. The van der Waals surface area contributed by atoms with Crippen LogP contribution in [-0.4, -0.2) is 4.98 Å². The van der Waals surface area contributed by atoms with Gasteiger partial charge in [-0.2, -0.15) is 0 Å². The summed E-state index contributed by atoms with van der Waals surface area (Å²) < 4.78 is 0. The van der Waals surface area contributed by atoms with Gasteiger partial charge in [0.1, 0.15) is 0 Å². The first-order chi connectivity index (χ1) is 7.19. The van der Waals surface area contributed by atoms with Crippen molar-refractivity contribution < 1.29 is 0 Å². The number of aromatic nitrogens is 1. The molecule has 15 heavy (non-hydrogen) atoms. The van der Waals surface area contributed by atoms with Gasteiger partial charge in [0, 0.05) is 17.7 Å². The van der Waals surface area contributed by atoms with E-state index in [-0.39, 0.29) is 0 Å². The Hall–Kier alpha value is -1.29. The molecule has 0 aliphatic rings. The van der Waals surface area contributed by atoms with E-state index >= 15 is 0 Å². The van der Waals surface area contributed by atoms with Crippen LogP contribution in [0.2, 0.25) is 0 Å². The van der Waals surface area contributed by atoms with E-state index in [0.29, 0.717) is 0 Å². The first-order valence-electron chi connectivity index (χ1n) is 5.65. The van der Waals surface area contributed by atoms with Gasteiger partial charge in [-0.15, -0.1) is 0 Å². The molecule has 0 aliphatic carbocycles. The van der Waals surface area contributed by atoms with Crippen molar-refractivity contribution in [2.24, 2.45) is 0 Å². The molecule has 80 valence electrons. The van der Waals surface area contributed by atoms with E-state index in [1.54, 1.807) is 0 Å². The summed E-state index contributed by atoms with van der Waals surface area (Å²) in [5.74, 6) is 6.36. The second kappa shape index (κ2) is 5.56. The van der Waals surface area contributed by atoms with Gasteiger partial charge >= 0.3 is 0 Å². The standard InChI is InChI=1S/C14H19N/c1-5-7-9-14-12(4)15-11(3)10-13(14)8-6-2/h10H,5-6,8H2,1-4H3. The number of nitrogens with zero attached hydrogens (tertiary/aromatic N) is 1. The van der Waals surface area contributed by atoms with Gasteiger partial charge in [0.05, 0.1) is 5.69 Å². The molecule has 0 fully saturated rings. The highest BCUT2D eigenvalue weighted by Crippen LogP contribution is 2.15. The van der Waals surface area contributed by atoms with Crippen LogP contribution in [0.5, 0.6) is 0 Å². The van der Waals surface area contributed by atoms with Crippen LogP contribution in [0, 0.1) is 25.7 Å². The van der Waals surface area contributed by atoms with E-state index in [1.807, 2.05) is 13.8 Å². The first kappa shape index (κ1) is 11.8. The Bertz CT molecular complexity index is 394. The molecule has 0 bridgehead atoms. The molecule has 1 heteroatoms. The van der Waals surface area contributed by atoms with Gasteiger partial charge in [0.25, 0.3) is 0 Å². The predicted molar refractivity (Wildman–Crippen MR) is 64.9 cm³/mol. The Morgan fingerprint density at radius 2 is 2.00 bits per heavy atom. The van der Waals surface area contributed by atoms with E-state index in [0.717, 1.165) is 36.2 Å². The van der Waals surface area contributed by atoms with Gasteiger partial charge in [-0.1, -0.05) is 32.1 Å². The molecular weight excluding hydrogens is 182 g/mol. The van der Waals surface area contributed by atoms with Crippen LogP contribution in [-0.2, 0) is 6.42 Å². The Morgan fingerprint density at radius 1 is 1.27 bits per heavy atom. The molecule has 0 unspecified atom stereocenters. The average Bonchev–Trinajstić information content (AvgIpc) is 2.17. The largest absolute Gasteiger partial charge is 0.257 e. The average molecular weight is 201 g/mol. The van der Waals surface area contributed by atoms with Crippen LogP contribution >= 0.6 is 0 Å². The third kappa shape index (κ3) is 3.09. The van der Waals surface area contributed by atoms with Crippen molar-refractivity contribution in [2.45, 2.75) is 47.0 Å². The summed E-state index contributed by atoms with van der Waals surface area (Å²) >= 11 is 0. The lowest BCUT2D eigenvalue weighted by molar-refractivity contribution is 0.904. The smallest absolute Gasteiger partial charge is 0.0534 e. The van der Waals surface area contributed by atoms with Crippen LogP contribution in [0.4, 0.5) is 0 Å². The summed E-state index contributed by atoms with van der Waals surface area (Å²) in [6, 6.07) is 2.16.